The number of rotatable bonds is 22. The number of aliphatic hydroxyl groups is 2. The second kappa shape index (κ2) is 24.1. The molecule has 4 saturated carbocycles. The zero-order chi connectivity index (χ0) is 50.1. The van der Waals surface area contributed by atoms with Crippen LogP contribution in [0.3, 0.4) is 0 Å². The van der Waals surface area contributed by atoms with Crippen molar-refractivity contribution in [2.75, 3.05) is 5.34 Å². The molecule has 4 aliphatic rings. The van der Waals surface area contributed by atoms with E-state index in [9.17, 15) is 19.8 Å². The van der Waals surface area contributed by atoms with Crippen molar-refractivity contribution in [1.82, 2.24) is 0 Å². The summed E-state index contributed by atoms with van der Waals surface area (Å²) in [5.74, 6) is 2.84. The molecule has 6 nitrogen and oxygen atoms in total. The Morgan fingerprint density at radius 3 is 1.06 bits per heavy atom. The van der Waals surface area contributed by atoms with Crippen LogP contribution in [0.4, 0.5) is 0 Å². The fraction of sp³-hybridized carbons (Fsp3) is 0.964. The lowest BCUT2D eigenvalue weighted by atomic mass is 9.56. The van der Waals surface area contributed by atoms with E-state index in [4.69, 9.17) is 32.1 Å². The molecule has 0 aromatic carbocycles. The van der Waals surface area contributed by atoms with Crippen molar-refractivity contribution in [2.24, 2.45) is 45.3 Å². The Hall–Kier alpha value is 0.194. The van der Waals surface area contributed by atoms with E-state index in [1.165, 1.54) is 44.9 Å². The maximum atomic E-state index is 12.9. The lowest BCUT2D eigenvalue weighted by Gasteiger charge is -2.49. The Morgan fingerprint density at radius 1 is 0.523 bits per heavy atom. The van der Waals surface area contributed by atoms with E-state index < -0.39 is 27.8 Å². The van der Waals surface area contributed by atoms with Crippen LogP contribution in [0.1, 0.15) is 224 Å². The molecule has 10 heteroatoms. The first-order valence-corrected chi connectivity index (χ1v) is 34.3. The summed E-state index contributed by atoms with van der Waals surface area (Å²) < 4.78 is 13.1. The van der Waals surface area contributed by atoms with Crippen LogP contribution in [0, 0.1) is 45.3 Å². The van der Waals surface area contributed by atoms with E-state index in [0.29, 0.717) is 29.3 Å². The van der Waals surface area contributed by atoms with Crippen LogP contribution in [0.5, 0.6) is 0 Å². The van der Waals surface area contributed by atoms with Crippen LogP contribution in [-0.2, 0) is 18.4 Å². The minimum absolute atomic E-state index is 0.0541. The normalized spacial score (nSPS) is 27.1. The molecule has 0 saturated heterocycles. The van der Waals surface area contributed by atoms with E-state index in [1.807, 2.05) is 27.7 Å². The molecule has 2 N–H and O–H groups in total. The zero-order valence-corrected chi connectivity index (χ0v) is 49.4. The second-order valence-electron chi connectivity index (χ2n) is 27.4. The summed E-state index contributed by atoms with van der Waals surface area (Å²) >= 11 is 9.53. The van der Waals surface area contributed by atoms with Gasteiger partial charge in [0.2, 0.25) is 0 Å². The summed E-state index contributed by atoms with van der Waals surface area (Å²) in [5.41, 5.74) is -0.549. The molecule has 4 fully saturated rings. The zero-order valence-electron chi connectivity index (χ0n) is 45.9. The average molecular weight is 991 g/mol. The highest BCUT2D eigenvalue weighted by atomic mass is 35.5. The van der Waals surface area contributed by atoms with Gasteiger partial charge in [0.1, 0.15) is 11.6 Å². The van der Waals surface area contributed by atoms with Crippen molar-refractivity contribution in [3.8, 4) is 0 Å². The van der Waals surface area contributed by atoms with Gasteiger partial charge in [-0.1, -0.05) is 53.4 Å². The quantitative estimate of drug-likeness (QED) is 0.0829. The summed E-state index contributed by atoms with van der Waals surface area (Å²) in [7, 11) is -3.13. The molecule has 0 bridgehead atoms. The van der Waals surface area contributed by atoms with Gasteiger partial charge < -0.3 is 19.1 Å². The molecule has 0 aromatic rings. The highest BCUT2D eigenvalue weighted by Crippen LogP contribution is 2.63. The van der Waals surface area contributed by atoms with Gasteiger partial charge in [0.25, 0.3) is 0 Å². The third kappa shape index (κ3) is 19.7. The van der Waals surface area contributed by atoms with Crippen LogP contribution in [0.25, 0.3) is 0 Å². The van der Waals surface area contributed by atoms with Gasteiger partial charge in [-0.3, -0.25) is 9.59 Å². The lowest BCUT2D eigenvalue weighted by molar-refractivity contribution is -0.132. The van der Waals surface area contributed by atoms with Crippen molar-refractivity contribution in [3.63, 3.8) is 0 Å². The van der Waals surface area contributed by atoms with Crippen LogP contribution < -0.4 is 0 Å². The Morgan fingerprint density at radius 2 is 0.800 bits per heavy atom. The van der Waals surface area contributed by atoms with Crippen LogP contribution in [0.15, 0.2) is 0 Å². The molecule has 0 radical (unpaired) electrons. The number of carbonyl (C=O) groups is 2. The third-order valence-corrected chi connectivity index (χ3v) is 19.0. The van der Waals surface area contributed by atoms with Gasteiger partial charge in [-0.05, 0) is 231 Å². The van der Waals surface area contributed by atoms with Crippen LogP contribution in [-0.4, -0.2) is 66.2 Å². The first-order valence-electron chi connectivity index (χ1n) is 26.4. The Balaban J connectivity index is 0.000000433. The standard InChI is InChI=1S/C30H60O3Si2.C24H44O3.CH2Cl2/c1-27(2,32-34(7,8)9)19-14-21-29(5,22-15-20-28(3,4)33-35(10,11)12)26-18-17-24-25(31)16-13-23-30(24,26)6;1-21(2,26)13-8-15-23(5,16-9-14-22(3,4)27)20-12-11-18-19(25)10-7-17-24(18,20)6;2-1-3/h24,26H,13-23H2,1-12H3;18,20,26-27H,7-17H2,1-6H3;1H2/t24?,26?,30-;18?,20?,24-;/m00./s1. The molecule has 0 spiro atoms. The topological polar surface area (TPSA) is 93.1 Å². The second-order valence-corrected chi connectivity index (χ2v) is 37.1. The number of halogens is 2. The number of fused-ring (bicyclic) bond motifs is 2. The molecule has 6 atom stereocenters. The minimum atomic E-state index is -1.57. The molecule has 65 heavy (non-hydrogen) atoms. The molecule has 384 valence electrons. The first kappa shape index (κ1) is 61.3. The highest BCUT2D eigenvalue weighted by Gasteiger charge is 2.57. The maximum Gasteiger partial charge on any atom is 0.184 e. The number of alkyl halides is 2. The van der Waals surface area contributed by atoms with Gasteiger partial charge in [0.05, 0.1) is 27.7 Å². The van der Waals surface area contributed by atoms with Gasteiger partial charge in [-0.25, -0.2) is 0 Å². The Kier molecular flexibility index (Phi) is 22.7. The van der Waals surface area contributed by atoms with E-state index in [2.05, 4.69) is 94.7 Å². The van der Waals surface area contributed by atoms with Crippen molar-refractivity contribution < 1.29 is 28.7 Å². The van der Waals surface area contributed by atoms with E-state index in [1.54, 1.807) is 0 Å². The van der Waals surface area contributed by atoms with Gasteiger partial charge in [-0.2, -0.15) is 0 Å². The summed E-state index contributed by atoms with van der Waals surface area (Å²) in [4.78, 5) is 25.5. The van der Waals surface area contributed by atoms with Crippen molar-refractivity contribution in [2.45, 2.75) is 286 Å². The van der Waals surface area contributed by atoms with Gasteiger partial charge in [0.15, 0.2) is 16.6 Å². The van der Waals surface area contributed by atoms with Gasteiger partial charge in [0, 0.05) is 24.7 Å². The minimum Gasteiger partial charge on any atom is -0.413 e. The lowest BCUT2D eigenvalue weighted by Crippen LogP contribution is -2.44. The summed E-state index contributed by atoms with van der Waals surface area (Å²) in [5, 5.41) is 20.5. The number of hydrogen-bond donors (Lipinski definition) is 2. The molecule has 0 amide bonds. The number of Topliss-reactive ketones (excluding diaryl/α,β-unsaturated/α-hetero) is 2. The van der Waals surface area contributed by atoms with Gasteiger partial charge >= 0.3 is 0 Å². The smallest absolute Gasteiger partial charge is 0.184 e. The molecule has 4 rings (SSSR count). The van der Waals surface area contributed by atoms with Crippen molar-refractivity contribution in [1.29, 1.82) is 0 Å². The van der Waals surface area contributed by atoms with Gasteiger partial charge in [-0.15, -0.1) is 23.2 Å². The maximum absolute atomic E-state index is 12.9. The predicted octanol–water partition coefficient (Wildman–Crippen LogP) is 16.5. The largest absolute Gasteiger partial charge is 0.413 e. The Labute approximate surface area is 414 Å². The van der Waals surface area contributed by atoms with Crippen molar-refractivity contribution in [3.05, 3.63) is 0 Å². The SMILES string of the molecule is CC(C)(CCCC(C)(CCCC(C)(C)O[Si](C)(C)C)C1CCC2C(=O)CCC[C@@]21C)O[Si](C)(C)C.CC(C)(O)CCCC(C)(CCCC(C)(C)O)C1CCC2C(=O)CCC[C@@]21C.ClCCl. The molecule has 0 aromatic heterocycles. The first-order chi connectivity index (χ1) is 29.4. The highest BCUT2D eigenvalue weighted by molar-refractivity contribution is 6.70. The number of ketones is 2. The van der Waals surface area contributed by atoms with E-state index >= 15 is 0 Å². The molecule has 4 unspecified atom stereocenters. The third-order valence-electron chi connectivity index (χ3n) is 16.7. The molecule has 4 aliphatic carbocycles. The average Bonchev–Trinajstić information content (AvgIpc) is 3.64. The number of hydrogen-bond acceptors (Lipinski definition) is 6. The summed E-state index contributed by atoms with van der Waals surface area (Å²) in [6.45, 7) is 40.3. The van der Waals surface area contributed by atoms with Crippen LogP contribution in [0.2, 0.25) is 39.3 Å². The van der Waals surface area contributed by atoms with E-state index in [-0.39, 0.29) is 44.1 Å². The Bertz CT molecular complexity index is 1420. The molecule has 0 heterocycles. The van der Waals surface area contributed by atoms with E-state index in [0.717, 1.165) is 96.3 Å². The van der Waals surface area contributed by atoms with Crippen LogP contribution >= 0.6 is 23.2 Å². The molecular weight excluding hydrogens is 884 g/mol. The molecule has 0 aliphatic heterocycles. The fourth-order valence-corrected chi connectivity index (χ4v) is 18.1. The molecular formula is C55H106Cl2O6Si2. The predicted molar refractivity (Wildman–Crippen MR) is 284 cm³/mol. The fourth-order valence-electron chi connectivity index (χ4n) is 14.5. The van der Waals surface area contributed by atoms with Crippen molar-refractivity contribution >= 4 is 51.4 Å². The summed E-state index contributed by atoms with van der Waals surface area (Å²) in [6.07, 6.45) is 23.7. The number of carbonyl (C=O) groups excluding carboxylic acids is 2. The summed E-state index contributed by atoms with van der Waals surface area (Å²) in [6, 6.07) is 0. The monoisotopic (exact) mass is 989 g/mol.